The van der Waals surface area contributed by atoms with E-state index in [2.05, 4.69) is 40.4 Å². The van der Waals surface area contributed by atoms with Gasteiger partial charge in [-0.1, -0.05) is 45.5 Å². The number of hydrogen-bond acceptors (Lipinski definition) is 4. The van der Waals surface area contributed by atoms with Gasteiger partial charge in [0.05, 0.1) is 19.8 Å². The van der Waals surface area contributed by atoms with Crippen molar-refractivity contribution in [2.24, 2.45) is 0 Å². The van der Waals surface area contributed by atoms with Crippen LogP contribution < -0.4 is 4.74 Å². The molecule has 1 aromatic rings. The number of carbonyl (C=O) groups is 1. The maximum absolute atomic E-state index is 12.0. The Bertz CT molecular complexity index is 573. The topological polar surface area (TPSA) is 44.8 Å². The van der Waals surface area contributed by atoms with Gasteiger partial charge in [-0.25, -0.2) is 4.79 Å². The molecule has 1 rings (SSSR count). The molecule has 5 heteroatoms. The summed E-state index contributed by atoms with van der Waals surface area (Å²) in [5.74, 6) is 0.195. The number of carbonyl (C=O) groups excluding carboxylic acids is 1. The van der Waals surface area contributed by atoms with E-state index >= 15 is 0 Å². The van der Waals surface area contributed by atoms with E-state index in [1.54, 1.807) is 7.11 Å². The molecule has 0 heterocycles. The second-order valence-corrected chi connectivity index (χ2v) is 11.8. The molecule has 0 N–H and O–H groups in total. The third-order valence-corrected chi connectivity index (χ3v) is 8.84. The van der Waals surface area contributed by atoms with Crippen molar-refractivity contribution in [3.8, 4) is 5.75 Å². The summed E-state index contributed by atoms with van der Waals surface area (Å²) in [5.41, 5.74) is 1.07. The minimum absolute atomic E-state index is 0.00364. The molecule has 0 aliphatic heterocycles. The minimum atomic E-state index is -2.13. The summed E-state index contributed by atoms with van der Waals surface area (Å²) < 4.78 is 16.8. The van der Waals surface area contributed by atoms with E-state index in [9.17, 15) is 4.79 Å². The first kappa shape index (κ1) is 19.5. The zero-order chi connectivity index (χ0) is 17.8. The molecule has 0 saturated carbocycles. The molecular weight excluding hydrogens is 308 g/mol. The zero-order valence-electron chi connectivity index (χ0n) is 15.2. The van der Waals surface area contributed by atoms with E-state index in [0.29, 0.717) is 5.75 Å². The lowest BCUT2D eigenvalue weighted by molar-refractivity contribution is -0.137. The first-order chi connectivity index (χ1) is 10.5. The lowest BCUT2D eigenvalue weighted by Gasteiger charge is -2.39. The molecular formula is C18H28O4Si. The van der Waals surface area contributed by atoms with E-state index in [-0.39, 0.29) is 10.6 Å². The highest BCUT2D eigenvalue weighted by Gasteiger charge is 2.41. The van der Waals surface area contributed by atoms with Gasteiger partial charge in [-0.05, 0) is 24.2 Å². The summed E-state index contributed by atoms with van der Waals surface area (Å²) in [6.07, 6.45) is -0.584. The van der Waals surface area contributed by atoms with Crippen LogP contribution in [0.25, 0.3) is 0 Å². The lowest BCUT2D eigenvalue weighted by atomic mass is 10.0. The summed E-state index contributed by atoms with van der Waals surface area (Å²) >= 11 is 0. The molecule has 0 spiro atoms. The van der Waals surface area contributed by atoms with Crippen molar-refractivity contribution >= 4 is 14.3 Å². The molecule has 1 atom stereocenters. The maximum Gasteiger partial charge on any atom is 0.336 e. The van der Waals surface area contributed by atoms with Crippen LogP contribution in [0.2, 0.25) is 18.1 Å². The van der Waals surface area contributed by atoms with Crippen molar-refractivity contribution in [2.75, 3.05) is 14.2 Å². The molecule has 0 aliphatic carbocycles. The number of para-hydroxylation sites is 1. The Balaban J connectivity index is 3.34. The summed E-state index contributed by atoms with van der Waals surface area (Å²) in [6, 6.07) is 7.52. The smallest absolute Gasteiger partial charge is 0.336 e. The predicted molar refractivity (Wildman–Crippen MR) is 95.2 cm³/mol. The highest BCUT2D eigenvalue weighted by Crippen LogP contribution is 2.43. The van der Waals surface area contributed by atoms with Crippen molar-refractivity contribution in [2.45, 2.75) is 45.0 Å². The van der Waals surface area contributed by atoms with Gasteiger partial charge in [0, 0.05) is 5.56 Å². The first-order valence-corrected chi connectivity index (χ1v) is 10.5. The van der Waals surface area contributed by atoms with Crippen molar-refractivity contribution in [1.29, 1.82) is 0 Å². The van der Waals surface area contributed by atoms with Gasteiger partial charge in [0.15, 0.2) is 8.32 Å². The normalized spacial score (nSPS) is 13.3. The molecule has 0 fully saturated rings. The third-order valence-electron chi connectivity index (χ3n) is 4.40. The largest absolute Gasteiger partial charge is 0.496 e. The first-order valence-electron chi connectivity index (χ1n) is 7.63. The zero-order valence-corrected chi connectivity index (χ0v) is 16.2. The maximum atomic E-state index is 12.0. The molecule has 23 heavy (non-hydrogen) atoms. The molecule has 4 nitrogen and oxygen atoms in total. The standard InChI is InChI=1S/C18H28O4Si/c1-13(17(19)21-6)16(22-23(7,8)18(2,3)4)14-11-9-10-12-15(14)20-5/h9-12,16H,1H2,2-8H3. The number of methoxy groups -OCH3 is 2. The van der Waals surface area contributed by atoms with E-state index in [4.69, 9.17) is 13.9 Å². The van der Waals surface area contributed by atoms with Crippen molar-refractivity contribution < 1.29 is 18.7 Å². The van der Waals surface area contributed by atoms with Crippen molar-refractivity contribution in [3.63, 3.8) is 0 Å². The predicted octanol–water partition coefficient (Wildman–Crippen LogP) is 4.49. The number of hydrogen-bond donors (Lipinski definition) is 0. The van der Waals surface area contributed by atoms with Gasteiger partial charge in [-0.15, -0.1) is 0 Å². The number of benzene rings is 1. The van der Waals surface area contributed by atoms with Gasteiger partial charge in [-0.2, -0.15) is 0 Å². The van der Waals surface area contributed by atoms with Crippen LogP contribution in [0.4, 0.5) is 0 Å². The Morgan fingerprint density at radius 2 is 1.74 bits per heavy atom. The number of rotatable bonds is 6. The van der Waals surface area contributed by atoms with Gasteiger partial charge in [-0.3, -0.25) is 0 Å². The fourth-order valence-electron chi connectivity index (χ4n) is 1.91. The highest BCUT2D eigenvalue weighted by molar-refractivity contribution is 6.74. The van der Waals surface area contributed by atoms with Crippen LogP contribution in [0.3, 0.4) is 0 Å². The van der Waals surface area contributed by atoms with E-state index in [1.807, 2.05) is 24.3 Å². The van der Waals surface area contributed by atoms with E-state index < -0.39 is 20.4 Å². The van der Waals surface area contributed by atoms with Gasteiger partial charge < -0.3 is 13.9 Å². The SMILES string of the molecule is C=C(C(=O)OC)C(O[Si](C)(C)C(C)(C)C)c1ccccc1OC. The monoisotopic (exact) mass is 336 g/mol. The number of esters is 1. The molecule has 0 amide bonds. The van der Waals surface area contributed by atoms with Crippen LogP contribution in [0.5, 0.6) is 5.75 Å². The van der Waals surface area contributed by atoms with E-state index in [1.165, 1.54) is 7.11 Å². The number of ether oxygens (including phenoxy) is 2. The molecule has 0 aliphatic rings. The summed E-state index contributed by atoms with van der Waals surface area (Å²) in [6.45, 7) is 14.6. The van der Waals surface area contributed by atoms with Crippen molar-refractivity contribution in [3.05, 3.63) is 42.0 Å². The minimum Gasteiger partial charge on any atom is -0.496 e. The Morgan fingerprint density at radius 3 is 2.22 bits per heavy atom. The third kappa shape index (κ3) is 4.45. The molecule has 0 radical (unpaired) electrons. The molecule has 0 aromatic heterocycles. The summed E-state index contributed by atoms with van der Waals surface area (Å²) in [5, 5.41) is 0.00364. The fourth-order valence-corrected chi connectivity index (χ4v) is 3.13. The molecule has 0 saturated heterocycles. The van der Waals surface area contributed by atoms with Gasteiger partial charge in [0.25, 0.3) is 0 Å². The fraction of sp³-hybridized carbons (Fsp3) is 0.500. The Kier molecular flexibility index (Phi) is 6.19. The Hall–Kier alpha value is -1.59. The van der Waals surface area contributed by atoms with Crippen LogP contribution in [-0.2, 0) is 14.0 Å². The van der Waals surface area contributed by atoms with Gasteiger partial charge in [0.1, 0.15) is 11.9 Å². The second kappa shape index (κ2) is 7.32. The van der Waals surface area contributed by atoms with Crippen LogP contribution >= 0.6 is 0 Å². The molecule has 1 unspecified atom stereocenters. The van der Waals surface area contributed by atoms with Crippen LogP contribution in [0.1, 0.15) is 32.4 Å². The van der Waals surface area contributed by atoms with Gasteiger partial charge in [0.2, 0.25) is 0 Å². The van der Waals surface area contributed by atoms with Crippen LogP contribution in [0, 0.1) is 0 Å². The van der Waals surface area contributed by atoms with Crippen LogP contribution in [-0.4, -0.2) is 28.5 Å². The summed E-state index contributed by atoms with van der Waals surface area (Å²) in [7, 11) is 0.815. The Labute approximate surface area is 140 Å². The average Bonchev–Trinajstić information content (AvgIpc) is 2.50. The van der Waals surface area contributed by atoms with Crippen molar-refractivity contribution in [1.82, 2.24) is 0 Å². The molecule has 128 valence electrons. The summed E-state index contributed by atoms with van der Waals surface area (Å²) in [4.78, 5) is 12.0. The quantitative estimate of drug-likeness (QED) is 0.436. The second-order valence-electron chi connectivity index (χ2n) is 7.02. The van der Waals surface area contributed by atoms with Gasteiger partial charge >= 0.3 is 5.97 Å². The molecule has 1 aromatic carbocycles. The average molecular weight is 337 g/mol. The highest BCUT2D eigenvalue weighted by atomic mass is 28.4. The Morgan fingerprint density at radius 1 is 1.17 bits per heavy atom. The van der Waals surface area contributed by atoms with Crippen LogP contribution in [0.15, 0.2) is 36.4 Å². The lowest BCUT2D eigenvalue weighted by Crippen LogP contribution is -2.42. The molecule has 0 bridgehead atoms. The van der Waals surface area contributed by atoms with E-state index in [0.717, 1.165) is 5.56 Å².